The van der Waals surface area contributed by atoms with Crippen molar-refractivity contribution in [3.63, 3.8) is 0 Å². The smallest absolute Gasteiger partial charge is 0.224 e. The summed E-state index contributed by atoms with van der Waals surface area (Å²) in [6, 6.07) is 13.5. The van der Waals surface area contributed by atoms with Crippen molar-refractivity contribution in [2.75, 3.05) is 43.6 Å². The predicted molar refractivity (Wildman–Crippen MR) is 132 cm³/mol. The minimum Gasteiger partial charge on any atom is -0.378 e. The van der Waals surface area contributed by atoms with Gasteiger partial charge in [0.25, 0.3) is 0 Å². The van der Waals surface area contributed by atoms with Gasteiger partial charge in [-0.25, -0.2) is 15.0 Å². The van der Waals surface area contributed by atoms with Crippen molar-refractivity contribution in [1.29, 1.82) is 0 Å². The van der Waals surface area contributed by atoms with Gasteiger partial charge in [-0.2, -0.15) is 4.98 Å². The normalized spacial score (nSPS) is 14.6. The van der Waals surface area contributed by atoms with E-state index < -0.39 is 0 Å². The van der Waals surface area contributed by atoms with E-state index in [1.807, 2.05) is 59.3 Å². The van der Waals surface area contributed by atoms with Crippen molar-refractivity contribution in [2.45, 2.75) is 26.3 Å². The van der Waals surface area contributed by atoms with E-state index in [0.29, 0.717) is 50.3 Å². The van der Waals surface area contributed by atoms with Gasteiger partial charge in [0, 0.05) is 50.6 Å². The van der Waals surface area contributed by atoms with Gasteiger partial charge in [-0.1, -0.05) is 44.2 Å². The Morgan fingerprint density at radius 2 is 1.71 bits per heavy atom. The van der Waals surface area contributed by atoms with Crippen molar-refractivity contribution in [3.05, 3.63) is 54.9 Å². The number of benzene rings is 1. The van der Waals surface area contributed by atoms with Gasteiger partial charge in [0.15, 0.2) is 5.82 Å². The predicted octanol–water partition coefficient (Wildman–Crippen LogP) is 3.39. The summed E-state index contributed by atoms with van der Waals surface area (Å²) in [5, 5.41) is 3.37. The van der Waals surface area contributed by atoms with Crippen LogP contribution in [-0.2, 0) is 9.53 Å². The van der Waals surface area contributed by atoms with E-state index in [-0.39, 0.29) is 17.9 Å². The highest BCUT2D eigenvalue weighted by atomic mass is 16.5. The molecule has 1 aromatic carbocycles. The quantitative estimate of drug-likeness (QED) is 0.545. The molecule has 2 aromatic heterocycles. The molecule has 3 aromatic rings. The van der Waals surface area contributed by atoms with Crippen LogP contribution in [0, 0.1) is 5.92 Å². The van der Waals surface area contributed by atoms with Gasteiger partial charge in [0.05, 0.1) is 13.2 Å². The number of nitrogens with one attached hydrogen (secondary N) is 1. The number of hydrogen-bond donors (Lipinski definition) is 1. The number of nitrogens with zero attached hydrogens (tertiary/aromatic N) is 6. The second-order valence-corrected chi connectivity index (χ2v) is 8.59. The lowest BCUT2D eigenvalue weighted by atomic mass is 10.0. The molecule has 1 saturated heterocycles. The third-order valence-electron chi connectivity index (χ3n) is 5.88. The number of rotatable bonds is 8. The highest BCUT2D eigenvalue weighted by Gasteiger charge is 2.24. The van der Waals surface area contributed by atoms with Crippen LogP contribution in [0.5, 0.6) is 0 Å². The van der Waals surface area contributed by atoms with Crippen LogP contribution in [-0.4, -0.2) is 70.1 Å². The van der Waals surface area contributed by atoms with Crippen molar-refractivity contribution in [3.8, 4) is 11.4 Å². The topological polar surface area (TPSA) is 96.4 Å². The molecule has 0 bridgehead atoms. The molecule has 4 rings (SSSR count). The maximum atomic E-state index is 12.8. The van der Waals surface area contributed by atoms with Crippen LogP contribution in [0.4, 0.5) is 17.6 Å². The summed E-state index contributed by atoms with van der Waals surface area (Å²) < 4.78 is 5.36. The molecule has 1 aliphatic rings. The highest BCUT2D eigenvalue weighted by Crippen LogP contribution is 2.23. The minimum atomic E-state index is -0.0837. The Morgan fingerprint density at radius 1 is 1.03 bits per heavy atom. The average Bonchev–Trinajstić information content (AvgIpc) is 2.89. The summed E-state index contributed by atoms with van der Waals surface area (Å²) in [4.78, 5) is 34.7. The largest absolute Gasteiger partial charge is 0.378 e. The zero-order valence-corrected chi connectivity index (χ0v) is 19.9. The summed E-state index contributed by atoms with van der Waals surface area (Å²) >= 11 is 0. The van der Waals surface area contributed by atoms with Gasteiger partial charge in [-0.3, -0.25) is 4.79 Å². The van der Waals surface area contributed by atoms with Gasteiger partial charge >= 0.3 is 0 Å². The number of carbonyl (C=O) groups excluding carboxylic acids is 1. The van der Waals surface area contributed by atoms with E-state index in [2.05, 4.69) is 29.1 Å². The lowest BCUT2D eigenvalue weighted by Gasteiger charge is -2.30. The first kappa shape index (κ1) is 23.6. The Kier molecular flexibility index (Phi) is 7.64. The number of hydrogen-bond acceptors (Lipinski definition) is 8. The third kappa shape index (κ3) is 5.85. The summed E-state index contributed by atoms with van der Waals surface area (Å²) in [6.45, 7) is 6.66. The molecule has 1 amide bonds. The molecule has 0 unspecified atom stereocenters. The van der Waals surface area contributed by atoms with E-state index >= 15 is 0 Å². The first-order valence-electron chi connectivity index (χ1n) is 11.6. The second kappa shape index (κ2) is 11.0. The lowest BCUT2D eigenvalue weighted by Crippen LogP contribution is -2.43. The molecule has 1 N–H and O–H groups in total. The molecule has 9 nitrogen and oxygen atoms in total. The number of aromatic nitrogens is 4. The number of ether oxygens (including phenoxy) is 1. The maximum absolute atomic E-state index is 12.8. The zero-order chi connectivity index (χ0) is 23.9. The van der Waals surface area contributed by atoms with Crippen molar-refractivity contribution in [2.24, 2.45) is 5.92 Å². The van der Waals surface area contributed by atoms with Crippen molar-refractivity contribution in [1.82, 2.24) is 24.8 Å². The Bertz CT molecular complexity index is 1090. The number of anilines is 3. The Hall–Kier alpha value is -3.59. The Balaban J connectivity index is 1.48. The molecular weight excluding hydrogens is 430 g/mol. The fraction of sp³-hybridized carbons (Fsp3) is 0.400. The summed E-state index contributed by atoms with van der Waals surface area (Å²) in [5.74, 6) is 2.90. The molecule has 0 spiro atoms. The van der Waals surface area contributed by atoms with Crippen LogP contribution in [0.25, 0.3) is 11.4 Å². The van der Waals surface area contributed by atoms with Gasteiger partial charge in [-0.05, 0) is 18.1 Å². The molecular formula is C25H31N7O2. The van der Waals surface area contributed by atoms with Gasteiger partial charge < -0.3 is 19.9 Å². The number of amides is 1. The SMILES string of the molecule is CC(C)[C@H](CC(=O)N1CCOCC1)Nc1nccc(N(C)c2ccnc(-c3ccccc3)n2)n1. The van der Waals surface area contributed by atoms with Gasteiger partial charge in [-0.15, -0.1) is 0 Å². The van der Waals surface area contributed by atoms with E-state index in [9.17, 15) is 4.79 Å². The Labute approximate surface area is 200 Å². The van der Waals surface area contributed by atoms with E-state index in [0.717, 1.165) is 11.4 Å². The average molecular weight is 462 g/mol. The zero-order valence-electron chi connectivity index (χ0n) is 19.9. The van der Waals surface area contributed by atoms with E-state index in [1.54, 1.807) is 12.4 Å². The Morgan fingerprint density at radius 3 is 2.41 bits per heavy atom. The molecule has 34 heavy (non-hydrogen) atoms. The molecule has 0 radical (unpaired) electrons. The molecule has 1 aliphatic heterocycles. The fourth-order valence-electron chi connectivity index (χ4n) is 3.73. The lowest BCUT2D eigenvalue weighted by molar-refractivity contribution is -0.135. The first-order chi connectivity index (χ1) is 16.5. The van der Waals surface area contributed by atoms with Crippen LogP contribution < -0.4 is 10.2 Å². The highest BCUT2D eigenvalue weighted by molar-refractivity contribution is 5.77. The summed E-state index contributed by atoms with van der Waals surface area (Å²) in [5.41, 5.74) is 0.951. The maximum Gasteiger partial charge on any atom is 0.224 e. The molecule has 178 valence electrons. The molecule has 0 aliphatic carbocycles. The summed E-state index contributed by atoms with van der Waals surface area (Å²) in [6.07, 6.45) is 3.84. The van der Waals surface area contributed by atoms with Gasteiger partial charge in [0.1, 0.15) is 11.6 Å². The molecule has 1 atom stereocenters. The van der Waals surface area contributed by atoms with Crippen molar-refractivity contribution >= 4 is 23.5 Å². The molecule has 9 heteroatoms. The number of carbonyl (C=O) groups is 1. The van der Waals surface area contributed by atoms with E-state index in [1.165, 1.54) is 0 Å². The number of morpholine rings is 1. The van der Waals surface area contributed by atoms with Crippen LogP contribution in [0.2, 0.25) is 0 Å². The molecule has 1 fully saturated rings. The van der Waals surface area contributed by atoms with Crippen LogP contribution in [0.3, 0.4) is 0 Å². The summed E-state index contributed by atoms with van der Waals surface area (Å²) in [7, 11) is 1.91. The van der Waals surface area contributed by atoms with E-state index in [4.69, 9.17) is 14.7 Å². The third-order valence-corrected chi connectivity index (χ3v) is 5.88. The molecule has 0 saturated carbocycles. The molecule has 3 heterocycles. The van der Waals surface area contributed by atoms with Crippen LogP contribution in [0.15, 0.2) is 54.9 Å². The fourth-order valence-corrected chi connectivity index (χ4v) is 3.73. The van der Waals surface area contributed by atoms with Crippen molar-refractivity contribution < 1.29 is 9.53 Å². The van der Waals surface area contributed by atoms with Crippen LogP contribution in [0.1, 0.15) is 20.3 Å². The standard InChI is InChI=1S/C25H31N7O2/c1-18(2)20(17-23(33)32-13-15-34-16-14-32)28-25-27-12-10-22(30-25)31(3)21-9-11-26-24(29-21)19-7-5-4-6-8-19/h4-12,18,20H,13-17H2,1-3H3,(H,27,28,30)/t20-/m0/s1. The van der Waals surface area contributed by atoms with Gasteiger partial charge in [0.2, 0.25) is 11.9 Å². The monoisotopic (exact) mass is 461 g/mol. The first-order valence-corrected chi connectivity index (χ1v) is 11.6. The minimum absolute atomic E-state index is 0.0837. The van der Waals surface area contributed by atoms with Crippen LogP contribution >= 0.6 is 0 Å². The second-order valence-electron chi connectivity index (χ2n) is 8.59.